The molecular weight excluding hydrogens is 258 g/mol. The van der Waals surface area contributed by atoms with E-state index in [2.05, 4.69) is 0 Å². The van der Waals surface area contributed by atoms with E-state index in [0.717, 1.165) is 0 Å². The Bertz CT molecular complexity index is 457. The highest BCUT2D eigenvalue weighted by molar-refractivity contribution is 5.83. The van der Waals surface area contributed by atoms with E-state index < -0.39 is 11.5 Å². The molecule has 1 unspecified atom stereocenters. The third kappa shape index (κ3) is 2.76. The van der Waals surface area contributed by atoms with Crippen molar-refractivity contribution in [1.29, 1.82) is 0 Å². The number of carbonyl (C=O) groups excluding carboxylic acids is 1. The van der Waals surface area contributed by atoms with Gasteiger partial charge in [-0.25, -0.2) is 4.79 Å². The van der Waals surface area contributed by atoms with Crippen molar-refractivity contribution in [2.45, 2.75) is 32.2 Å². The number of hydrogen-bond acceptors (Lipinski definition) is 3. The number of methoxy groups -OCH3 is 1. The van der Waals surface area contributed by atoms with Crippen molar-refractivity contribution in [3.63, 3.8) is 0 Å². The van der Waals surface area contributed by atoms with Crippen LogP contribution in [0.15, 0.2) is 24.3 Å². The molecule has 1 amide bonds. The second-order valence-corrected chi connectivity index (χ2v) is 4.55. The van der Waals surface area contributed by atoms with Crippen LogP contribution in [0.1, 0.15) is 32.3 Å². The lowest BCUT2D eigenvalue weighted by Crippen LogP contribution is -2.51. The predicted molar refractivity (Wildman–Crippen MR) is 75.7 cm³/mol. The topological polar surface area (TPSA) is 66.8 Å². The van der Waals surface area contributed by atoms with Crippen molar-refractivity contribution in [3.8, 4) is 5.75 Å². The molecule has 5 heteroatoms. The highest BCUT2D eigenvalue weighted by Crippen LogP contribution is 2.33. The fourth-order valence-corrected chi connectivity index (χ4v) is 2.41. The average molecular weight is 279 g/mol. The summed E-state index contributed by atoms with van der Waals surface area (Å²) in [7, 11) is 1.55. The van der Waals surface area contributed by atoms with Gasteiger partial charge in [-0.2, -0.15) is 0 Å². The molecule has 1 rings (SSSR count). The molecule has 1 N–H and O–H groups in total. The summed E-state index contributed by atoms with van der Waals surface area (Å²) in [5.41, 5.74) is -0.752. The molecule has 0 saturated carbocycles. The van der Waals surface area contributed by atoms with Crippen LogP contribution >= 0.6 is 0 Å². The van der Waals surface area contributed by atoms with Gasteiger partial charge < -0.3 is 14.7 Å². The van der Waals surface area contributed by atoms with E-state index in [9.17, 15) is 14.7 Å². The van der Waals surface area contributed by atoms with E-state index in [0.29, 0.717) is 37.1 Å². The normalized spacial score (nSPS) is 13.3. The lowest BCUT2D eigenvalue weighted by Gasteiger charge is -2.38. The minimum absolute atomic E-state index is 0.299. The van der Waals surface area contributed by atoms with Crippen LogP contribution in [0.2, 0.25) is 0 Å². The van der Waals surface area contributed by atoms with Crippen molar-refractivity contribution >= 4 is 12.4 Å². The molecule has 20 heavy (non-hydrogen) atoms. The summed E-state index contributed by atoms with van der Waals surface area (Å²) >= 11 is 0. The number of aliphatic carboxylic acids is 1. The zero-order valence-corrected chi connectivity index (χ0v) is 12.1. The second kappa shape index (κ2) is 6.93. The molecule has 0 bridgehead atoms. The molecule has 1 aromatic rings. The molecule has 0 fully saturated rings. The maximum Gasteiger partial charge on any atom is 0.334 e. The Balaban J connectivity index is 3.34. The molecule has 0 aliphatic carbocycles. The fraction of sp³-hybridized carbons (Fsp3) is 0.467. The summed E-state index contributed by atoms with van der Waals surface area (Å²) in [4.78, 5) is 24.5. The first kappa shape index (κ1) is 16.0. The quantitative estimate of drug-likeness (QED) is 0.741. The van der Waals surface area contributed by atoms with E-state index in [1.165, 1.54) is 4.90 Å². The Hall–Kier alpha value is -2.04. The number of nitrogens with zero attached hydrogens (tertiary/aromatic N) is 1. The summed E-state index contributed by atoms with van der Waals surface area (Å²) < 4.78 is 5.08. The molecule has 0 saturated heterocycles. The molecule has 0 radical (unpaired) electrons. The predicted octanol–water partition coefficient (Wildman–Crippen LogP) is 2.25. The van der Waals surface area contributed by atoms with Crippen LogP contribution in [-0.4, -0.2) is 36.0 Å². The van der Waals surface area contributed by atoms with Crippen molar-refractivity contribution in [2.75, 3.05) is 13.7 Å². The number of rotatable bonds is 8. The van der Waals surface area contributed by atoms with Crippen molar-refractivity contribution in [1.82, 2.24) is 4.90 Å². The Morgan fingerprint density at radius 2 is 1.95 bits per heavy atom. The summed E-state index contributed by atoms with van der Waals surface area (Å²) in [6, 6.07) is 6.81. The van der Waals surface area contributed by atoms with E-state index in [-0.39, 0.29) is 0 Å². The van der Waals surface area contributed by atoms with Gasteiger partial charge in [0, 0.05) is 6.54 Å². The molecule has 0 heterocycles. The molecule has 1 aromatic carbocycles. The molecule has 0 spiro atoms. The van der Waals surface area contributed by atoms with Crippen LogP contribution in [0.4, 0.5) is 0 Å². The van der Waals surface area contributed by atoms with Gasteiger partial charge in [0.1, 0.15) is 5.75 Å². The van der Waals surface area contributed by atoms with Gasteiger partial charge in [-0.05, 0) is 30.5 Å². The van der Waals surface area contributed by atoms with Crippen LogP contribution in [0.25, 0.3) is 0 Å². The zero-order chi connectivity index (χ0) is 15.2. The number of carbonyl (C=O) groups is 2. The van der Waals surface area contributed by atoms with E-state index in [4.69, 9.17) is 4.74 Å². The van der Waals surface area contributed by atoms with Crippen molar-refractivity contribution in [3.05, 3.63) is 29.8 Å². The van der Waals surface area contributed by atoms with E-state index >= 15 is 0 Å². The number of benzene rings is 1. The maximum absolute atomic E-state index is 11.9. The van der Waals surface area contributed by atoms with Gasteiger partial charge in [0.15, 0.2) is 5.54 Å². The highest BCUT2D eigenvalue weighted by atomic mass is 16.5. The van der Waals surface area contributed by atoms with Gasteiger partial charge in [-0.1, -0.05) is 26.0 Å². The van der Waals surface area contributed by atoms with Crippen molar-refractivity contribution < 1.29 is 19.4 Å². The molecule has 5 nitrogen and oxygen atoms in total. The highest BCUT2D eigenvalue weighted by Gasteiger charge is 2.43. The number of amides is 1. The summed E-state index contributed by atoms with van der Waals surface area (Å²) in [6.07, 6.45) is 1.61. The molecule has 1 atom stereocenters. The van der Waals surface area contributed by atoms with Gasteiger partial charge >= 0.3 is 5.97 Å². The monoisotopic (exact) mass is 279 g/mol. The Labute approximate surface area is 119 Å². The second-order valence-electron chi connectivity index (χ2n) is 4.55. The summed E-state index contributed by atoms with van der Waals surface area (Å²) in [5.74, 6) is -0.372. The largest absolute Gasteiger partial charge is 0.497 e. The first-order chi connectivity index (χ1) is 9.56. The molecule has 110 valence electrons. The van der Waals surface area contributed by atoms with Gasteiger partial charge in [-0.15, -0.1) is 0 Å². The molecule has 0 aliphatic rings. The third-order valence-electron chi connectivity index (χ3n) is 3.52. The smallest absolute Gasteiger partial charge is 0.334 e. The maximum atomic E-state index is 11.9. The van der Waals surface area contributed by atoms with Gasteiger partial charge in [0.25, 0.3) is 0 Å². The van der Waals surface area contributed by atoms with Crippen molar-refractivity contribution in [2.24, 2.45) is 0 Å². The van der Waals surface area contributed by atoms with E-state index in [1.807, 2.05) is 6.92 Å². The number of hydrogen-bond donors (Lipinski definition) is 1. The fourth-order valence-electron chi connectivity index (χ4n) is 2.41. The minimum Gasteiger partial charge on any atom is -0.497 e. The first-order valence-corrected chi connectivity index (χ1v) is 6.66. The summed E-state index contributed by atoms with van der Waals surface area (Å²) in [5, 5.41) is 9.70. The van der Waals surface area contributed by atoms with Crippen LogP contribution in [0.3, 0.4) is 0 Å². The van der Waals surface area contributed by atoms with Gasteiger partial charge in [-0.3, -0.25) is 4.79 Å². The molecule has 0 aromatic heterocycles. The Kier molecular flexibility index (Phi) is 5.55. The van der Waals surface area contributed by atoms with Gasteiger partial charge in [0.05, 0.1) is 7.11 Å². The molecule has 0 aliphatic heterocycles. The van der Waals surface area contributed by atoms with Crippen LogP contribution < -0.4 is 4.74 Å². The van der Waals surface area contributed by atoms with Crippen LogP contribution in [-0.2, 0) is 15.1 Å². The minimum atomic E-state index is -1.33. The van der Waals surface area contributed by atoms with E-state index in [1.54, 1.807) is 38.3 Å². The Morgan fingerprint density at radius 1 is 1.35 bits per heavy atom. The van der Waals surface area contributed by atoms with Gasteiger partial charge in [0.2, 0.25) is 6.41 Å². The number of ether oxygens (including phenoxy) is 1. The standard InChI is InChI=1S/C15H21NO4/c1-4-10-16(11-17)15(5-2,14(18)19)12-6-8-13(20-3)9-7-12/h6-9,11H,4-5,10H2,1-3H3,(H,18,19). The lowest BCUT2D eigenvalue weighted by molar-refractivity contribution is -0.156. The summed E-state index contributed by atoms with van der Waals surface area (Å²) in [6.45, 7) is 4.08. The van der Waals surface area contributed by atoms with Crippen LogP contribution in [0.5, 0.6) is 5.75 Å². The zero-order valence-electron chi connectivity index (χ0n) is 12.1. The number of carboxylic acid groups (broad SMARTS) is 1. The average Bonchev–Trinajstić information content (AvgIpc) is 2.47. The third-order valence-corrected chi connectivity index (χ3v) is 3.52. The Morgan fingerprint density at radius 3 is 2.30 bits per heavy atom. The number of carboxylic acids is 1. The molecular formula is C15H21NO4. The lowest BCUT2D eigenvalue weighted by atomic mass is 9.85. The first-order valence-electron chi connectivity index (χ1n) is 6.66. The van der Waals surface area contributed by atoms with Crippen LogP contribution in [0, 0.1) is 0 Å². The SMILES string of the molecule is CCCN(C=O)C(CC)(C(=O)O)c1ccc(OC)cc1.